The van der Waals surface area contributed by atoms with Gasteiger partial charge in [0.2, 0.25) is 0 Å². The highest BCUT2D eigenvalue weighted by atomic mass is 16.6. The van der Waals surface area contributed by atoms with E-state index < -0.39 is 18.0 Å². The van der Waals surface area contributed by atoms with Gasteiger partial charge in [-0.3, -0.25) is 0 Å². The average molecular weight is 250 g/mol. The topological polar surface area (TPSA) is 72.8 Å². The van der Waals surface area contributed by atoms with Gasteiger partial charge in [0.1, 0.15) is 5.75 Å². The zero-order chi connectivity index (χ0) is 13.5. The number of carboxylic acid groups (broad SMARTS) is 1. The Bertz CT molecular complexity index is 464. The molecule has 1 atom stereocenters. The van der Waals surface area contributed by atoms with Crippen molar-refractivity contribution in [2.24, 2.45) is 0 Å². The minimum absolute atomic E-state index is 0.471. The summed E-state index contributed by atoms with van der Waals surface area (Å²) < 4.78 is 9.90. The van der Waals surface area contributed by atoms with Crippen molar-refractivity contribution in [2.75, 3.05) is 7.11 Å². The zero-order valence-electron chi connectivity index (χ0n) is 10.1. The van der Waals surface area contributed by atoms with E-state index in [0.29, 0.717) is 11.3 Å². The highest BCUT2D eigenvalue weighted by Crippen LogP contribution is 2.16. The average Bonchev–Trinajstić information content (AvgIpc) is 2.35. The Hall–Kier alpha value is -2.30. The lowest BCUT2D eigenvalue weighted by molar-refractivity contribution is -0.147. The van der Waals surface area contributed by atoms with Crippen LogP contribution < -0.4 is 4.74 Å². The third-order valence-electron chi connectivity index (χ3n) is 2.12. The normalized spacial score (nSPS) is 12.1. The molecule has 0 aromatic heterocycles. The first kappa shape index (κ1) is 13.8. The minimum atomic E-state index is -1.02. The van der Waals surface area contributed by atoms with Gasteiger partial charge in [-0.2, -0.15) is 0 Å². The maximum atomic E-state index is 11.2. The number of aliphatic carboxylic acids is 1. The van der Waals surface area contributed by atoms with Crippen molar-refractivity contribution in [1.29, 1.82) is 0 Å². The van der Waals surface area contributed by atoms with Crippen LogP contribution in [0.15, 0.2) is 30.3 Å². The number of hydrogen-bond acceptors (Lipinski definition) is 4. The van der Waals surface area contributed by atoms with Crippen LogP contribution in [0.4, 0.5) is 0 Å². The lowest BCUT2D eigenvalue weighted by Crippen LogP contribution is -2.24. The number of carboxylic acids is 1. The van der Waals surface area contributed by atoms with Crippen molar-refractivity contribution in [2.45, 2.75) is 13.0 Å². The third kappa shape index (κ3) is 4.29. The third-order valence-corrected chi connectivity index (χ3v) is 2.12. The summed E-state index contributed by atoms with van der Waals surface area (Å²) in [6, 6.07) is 6.76. The van der Waals surface area contributed by atoms with E-state index in [2.05, 4.69) is 4.74 Å². The number of carbonyl (C=O) groups excluding carboxylic acids is 1. The molecule has 0 radical (unpaired) electrons. The molecule has 18 heavy (non-hydrogen) atoms. The van der Waals surface area contributed by atoms with E-state index in [1.54, 1.807) is 31.2 Å². The molecule has 0 fully saturated rings. The van der Waals surface area contributed by atoms with Crippen molar-refractivity contribution in [3.63, 3.8) is 0 Å². The molecule has 0 amide bonds. The van der Waals surface area contributed by atoms with Gasteiger partial charge in [-0.1, -0.05) is 12.1 Å². The second-order valence-corrected chi connectivity index (χ2v) is 3.53. The SMILES string of the molecule is COC(=O)C(C)Oc1cccc(C=CC(=O)O)c1. The van der Waals surface area contributed by atoms with Crippen molar-refractivity contribution in [1.82, 2.24) is 0 Å². The van der Waals surface area contributed by atoms with E-state index in [0.717, 1.165) is 6.08 Å². The molecular weight excluding hydrogens is 236 g/mol. The van der Waals surface area contributed by atoms with Crippen LogP contribution >= 0.6 is 0 Å². The molecule has 0 spiro atoms. The molecule has 0 saturated heterocycles. The molecule has 1 aromatic rings. The number of benzene rings is 1. The van der Waals surface area contributed by atoms with Crippen LogP contribution in [-0.4, -0.2) is 30.3 Å². The molecule has 5 heteroatoms. The fraction of sp³-hybridized carbons (Fsp3) is 0.231. The van der Waals surface area contributed by atoms with E-state index in [1.165, 1.54) is 13.2 Å². The monoisotopic (exact) mass is 250 g/mol. The maximum Gasteiger partial charge on any atom is 0.346 e. The zero-order valence-corrected chi connectivity index (χ0v) is 10.1. The van der Waals surface area contributed by atoms with Gasteiger partial charge in [-0.05, 0) is 30.7 Å². The Morgan fingerprint density at radius 3 is 2.72 bits per heavy atom. The second kappa shape index (κ2) is 6.44. The molecular formula is C13H14O5. The summed E-state index contributed by atoms with van der Waals surface area (Å²) in [6.45, 7) is 1.57. The van der Waals surface area contributed by atoms with E-state index in [9.17, 15) is 9.59 Å². The number of hydrogen-bond donors (Lipinski definition) is 1. The maximum absolute atomic E-state index is 11.2. The molecule has 1 rings (SSSR count). The first-order chi connectivity index (χ1) is 8.52. The predicted molar refractivity (Wildman–Crippen MR) is 65.2 cm³/mol. The highest BCUT2D eigenvalue weighted by molar-refractivity contribution is 5.85. The molecule has 0 bridgehead atoms. The van der Waals surface area contributed by atoms with Gasteiger partial charge in [0, 0.05) is 6.08 Å². The van der Waals surface area contributed by atoms with Crippen molar-refractivity contribution >= 4 is 18.0 Å². The van der Waals surface area contributed by atoms with Crippen molar-refractivity contribution < 1.29 is 24.2 Å². The minimum Gasteiger partial charge on any atom is -0.479 e. The Morgan fingerprint density at radius 1 is 1.39 bits per heavy atom. The van der Waals surface area contributed by atoms with Crippen LogP contribution in [0.3, 0.4) is 0 Å². The fourth-order valence-electron chi connectivity index (χ4n) is 1.28. The first-order valence-electron chi connectivity index (χ1n) is 5.28. The molecule has 0 aliphatic rings. The largest absolute Gasteiger partial charge is 0.479 e. The van der Waals surface area contributed by atoms with Crippen LogP contribution in [-0.2, 0) is 14.3 Å². The number of esters is 1. The van der Waals surface area contributed by atoms with E-state index >= 15 is 0 Å². The Kier molecular flexibility index (Phi) is 4.92. The molecule has 0 aliphatic carbocycles. The summed E-state index contributed by atoms with van der Waals surface area (Å²) >= 11 is 0. The number of ether oxygens (including phenoxy) is 2. The Balaban J connectivity index is 2.76. The van der Waals surface area contributed by atoms with E-state index in [4.69, 9.17) is 9.84 Å². The van der Waals surface area contributed by atoms with Gasteiger partial charge in [-0.25, -0.2) is 9.59 Å². The molecule has 96 valence electrons. The van der Waals surface area contributed by atoms with Gasteiger partial charge in [-0.15, -0.1) is 0 Å². The summed E-state index contributed by atoms with van der Waals surface area (Å²) in [7, 11) is 1.29. The molecule has 1 aromatic carbocycles. The summed E-state index contributed by atoms with van der Waals surface area (Å²) in [5, 5.41) is 8.51. The molecule has 1 N–H and O–H groups in total. The van der Waals surface area contributed by atoms with Crippen LogP contribution in [0, 0.1) is 0 Å². The van der Waals surface area contributed by atoms with Crippen LogP contribution in [0.5, 0.6) is 5.75 Å². The lowest BCUT2D eigenvalue weighted by atomic mass is 10.2. The van der Waals surface area contributed by atoms with Gasteiger partial charge in [0.05, 0.1) is 7.11 Å². The fourth-order valence-corrected chi connectivity index (χ4v) is 1.28. The van der Waals surface area contributed by atoms with Crippen LogP contribution in [0.2, 0.25) is 0 Å². The molecule has 0 heterocycles. The van der Waals surface area contributed by atoms with E-state index in [-0.39, 0.29) is 0 Å². The summed E-state index contributed by atoms with van der Waals surface area (Å²) in [5.41, 5.74) is 0.673. The van der Waals surface area contributed by atoms with E-state index in [1.807, 2.05) is 0 Å². The smallest absolute Gasteiger partial charge is 0.346 e. The Labute approximate surface area is 105 Å². The van der Waals surface area contributed by atoms with Crippen molar-refractivity contribution in [3.8, 4) is 5.75 Å². The molecule has 0 saturated carbocycles. The number of rotatable bonds is 5. The first-order valence-corrected chi connectivity index (χ1v) is 5.28. The van der Waals surface area contributed by atoms with Gasteiger partial charge >= 0.3 is 11.9 Å². The predicted octanol–water partition coefficient (Wildman–Crippen LogP) is 1.72. The molecule has 1 unspecified atom stereocenters. The quantitative estimate of drug-likeness (QED) is 0.636. The summed E-state index contributed by atoms with van der Waals surface area (Å²) in [4.78, 5) is 21.6. The van der Waals surface area contributed by atoms with Gasteiger partial charge in [0.15, 0.2) is 6.10 Å². The number of methoxy groups -OCH3 is 1. The highest BCUT2D eigenvalue weighted by Gasteiger charge is 2.14. The summed E-state index contributed by atoms with van der Waals surface area (Å²) in [6.07, 6.45) is 1.76. The lowest BCUT2D eigenvalue weighted by Gasteiger charge is -2.12. The molecule has 0 aliphatic heterocycles. The second-order valence-electron chi connectivity index (χ2n) is 3.53. The van der Waals surface area contributed by atoms with Gasteiger partial charge in [0.25, 0.3) is 0 Å². The number of carbonyl (C=O) groups is 2. The standard InChI is InChI=1S/C13H14O5/c1-9(13(16)17-2)18-11-5-3-4-10(8-11)6-7-12(14)15/h3-9H,1-2H3,(H,14,15). The molecule has 5 nitrogen and oxygen atoms in total. The van der Waals surface area contributed by atoms with Crippen LogP contribution in [0.1, 0.15) is 12.5 Å². The summed E-state index contributed by atoms with van der Waals surface area (Å²) in [5.74, 6) is -1.02. The van der Waals surface area contributed by atoms with Crippen LogP contribution in [0.25, 0.3) is 6.08 Å². The van der Waals surface area contributed by atoms with Gasteiger partial charge < -0.3 is 14.6 Å². The Morgan fingerprint density at radius 2 is 2.11 bits per heavy atom. The van der Waals surface area contributed by atoms with Crippen molar-refractivity contribution in [3.05, 3.63) is 35.9 Å².